The number of hydrogen-bond donors (Lipinski definition) is 1. The van der Waals surface area contributed by atoms with E-state index in [1.54, 1.807) is 12.4 Å². The van der Waals surface area contributed by atoms with Crippen molar-refractivity contribution in [1.29, 1.82) is 0 Å². The molecule has 0 bridgehead atoms. The quantitative estimate of drug-likeness (QED) is 0.940. The van der Waals surface area contributed by atoms with E-state index in [-0.39, 0.29) is 16.4 Å². The summed E-state index contributed by atoms with van der Waals surface area (Å²) in [5.74, 6) is -0.645. The zero-order chi connectivity index (χ0) is 13.8. The Hall–Kier alpha value is -1.75. The summed E-state index contributed by atoms with van der Waals surface area (Å²) < 4.78 is 13.4. The van der Waals surface area contributed by atoms with Gasteiger partial charge in [0.05, 0.1) is 10.5 Å². The minimum atomic E-state index is -0.392. The predicted molar refractivity (Wildman–Crippen MR) is 74.2 cm³/mol. The maximum atomic E-state index is 13.1. The van der Waals surface area contributed by atoms with Gasteiger partial charge in [0.15, 0.2) is 0 Å². The Kier molecular flexibility index (Phi) is 4.27. The molecule has 1 aromatic carbocycles. The Morgan fingerprint density at radius 1 is 1.42 bits per heavy atom. The molecule has 0 saturated carbocycles. The average molecular weight is 323 g/mol. The third-order valence-corrected chi connectivity index (χ3v) is 3.32. The second-order valence-corrected chi connectivity index (χ2v) is 4.96. The number of aromatic nitrogens is 1. The normalized spacial score (nSPS) is 11.9. The Morgan fingerprint density at radius 2 is 2.21 bits per heavy atom. The van der Waals surface area contributed by atoms with E-state index in [2.05, 4.69) is 26.2 Å². The number of carbonyl (C=O) groups excluding carboxylic acids is 1. The van der Waals surface area contributed by atoms with Crippen LogP contribution in [0.2, 0.25) is 0 Å². The summed E-state index contributed by atoms with van der Waals surface area (Å²) in [5, 5.41) is 2.84. The van der Waals surface area contributed by atoms with Crippen LogP contribution in [-0.2, 0) is 0 Å². The molecule has 1 N–H and O–H groups in total. The van der Waals surface area contributed by atoms with E-state index >= 15 is 0 Å². The van der Waals surface area contributed by atoms with Crippen LogP contribution in [0.1, 0.15) is 28.9 Å². The van der Waals surface area contributed by atoms with E-state index in [9.17, 15) is 9.18 Å². The molecule has 3 nitrogen and oxygen atoms in total. The number of carbonyl (C=O) groups is 1. The van der Waals surface area contributed by atoms with Crippen LogP contribution >= 0.6 is 15.9 Å². The maximum absolute atomic E-state index is 13.1. The summed E-state index contributed by atoms with van der Waals surface area (Å²) in [4.78, 5) is 16.0. The van der Waals surface area contributed by atoms with Crippen LogP contribution in [-0.4, -0.2) is 10.9 Å². The van der Waals surface area contributed by atoms with E-state index in [4.69, 9.17) is 0 Å². The highest BCUT2D eigenvalue weighted by molar-refractivity contribution is 9.10. The number of nitrogens with one attached hydrogen (secondary N) is 1. The summed E-state index contributed by atoms with van der Waals surface area (Å²) in [6, 6.07) is 7.70. The number of benzene rings is 1. The molecular formula is C14H12BrFN2O. The minimum absolute atomic E-state index is 0.162. The number of pyridine rings is 1. The van der Waals surface area contributed by atoms with Gasteiger partial charge >= 0.3 is 0 Å². The lowest BCUT2D eigenvalue weighted by molar-refractivity contribution is 0.0939. The number of hydrogen-bond acceptors (Lipinski definition) is 2. The highest BCUT2D eigenvalue weighted by Crippen LogP contribution is 2.18. The van der Waals surface area contributed by atoms with E-state index in [1.165, 1.54) is 18.2 Å². The monoisotopic (exact) mass is 322 g/mol. The lowest BCUT2D eigenvalue weighted by atomic mass is 10.1. The fourth-order valence-corrected chi connectivity index (χ4v) is 2.01. The first-order valence-electron chi connectivity index (χ1n) is 5.74. The molecule has 1 atom stereocenters. The van der Waals surface area contributed by atoms with E-state index in [0.717, 1.165) is 5.56 Å². The maximum Gasteiger partial charge on any atom is 0.251 e. The second-order valence-electron chi connectivity index (χ2n) is 4.11. The molecule has 98 valence electrons. The Morgan fingerprint density at radius 3 is 2.84 bits per heavy atom. The number of halogens is 2. The molecule has 19 heavy (non-hydrogen) atoms. The van der Waals surface area contributed by atoms with Crippen molar-refractivity contribution < 1.29 is 9.18 Å². The van der Waals surface area contributed by atoms with Gasteiger partial charge in [-0.25, -0.2) is 4.39 Å². The zero-order valence-electron chi connectivity index (χ0n) is 10.2. The van der Waals surface area contributed by atoms with Gasteiger partial charge in [-0.3, -0.25) is 9.78 Å². The Balaban J connectivity index is 2.11. The van der Waals surface area contributed by atoms with Crippen molar-refractivity contribution >= 4 is 21.8 Å². The summed E-state index contributed by atoms with van der Waals surface area (Å²) in [6.45, 7) is 1.87. The molecule has 0 saturated heterocycles. The van der Waals surface area contributed by atoms with Gasteiger partial charge in [0, 0.05) is 18.0 Å². The molecule has 1 heterocycles. The second kappa shape index (κ2) is 5.93. The molecule has 0 radical (unpaired) electrons. The highest BCUT2D eigenvalue weighted by Gasteiger charge is 2.12. The van der Waals surface area contributed by atoms with E-state index in [1.807, 2.05) is 19.1 Å². The van der Waals surface area contributed by atoms with Gasteiger partial charge in [-0.05, 0) is 52.7 Å². The van der Waals surface area contributed by atoms with Gasteiger partial charge in [-0.2, -0.15) is 0 Å². The average Bonchev–Trinajstić information content (AvgIpc) is 2.42. The van der Waals surface area contributed by atoms with Gasteiger partial charge in [-0.15, -0.1) is 0 Å². The molecule has 2 rings (SSSR count). The van der Waals surface area contributed by atoms with Gasteiger partial charge in [-0.1, -0.05) is 6.07 Å². The Labute approximate surface area is 119 Å². The molecule has 1 amide bonds. The van der Waals surface area contributed by atoms with E-state index < -0.39 is 5.82 Å². The fourth-order valence-electron chi connectivity index (χ4n) is 1.63. The predicted octanol–water partition coefficient (Wildman–Crippen LogP) is 3.47. The zero-order valence-corrected chi connectivity index (χ0v) is 11.8. The molecule has 1 unspecified atom stereocenters. The first-order valence-corrected chi connectivity index (χ1v) is 6.53. The molecule has 2 aromatic rings. The standard InChI is InChI=1S/C14H12BrFN2O/c1-9(11-3-2-6-17-8-11)18-14(19)10-4-5-13(16)12(15)7-10/h2-9H,1H3,(H,18,19). The first-order chi connectivity index (χ1) is 9.08. The molecule has 0 aliphatic rings. The molecule has 0 fully saturated rings. The summed E-state index contributed by atoms with van der Waals surface area (Å²) in [5.41, 5.74) is 1.32. The van der Waals surface area contributed by atoms with Crippen LogP contribution in [0.15, 0.2) is 47.2 Å². The molecule has 5 heteroatoms. The van der Waals surface area contributed by atoms with Crippen LogP contribution in [0.25, 0.3) is 0 Å². The van der Waals surface area contributed by atoms with Crippen LogP contribution in [0.3, 0.4) is 0 Å². The topological polar surface area (TPSA) is 42.0 Å². The van der Waals surface area contributed by atoms with Crippen molar-refractivity contribution in [3.8, 4) is 0 Å². The van der Waals surface area contributed by atoms with Gasteiger partial charge in [0.2, 0.25) is 0 Å². The van der Waals surface area contributed by atoms with Crippen LogP contribution in [0.5, 0.6) is 0 Å². The third-order valence-electron chi connectivity index (χ3n) is 2.71. The molecule has 0 spiro atoms. The largest absolute Gasteiger partial charge is 0.345 e. The summed E-state index contributed by atoms with van der Waals surface area (Å²) in [7, 11) is 0. The van der Waals surface area contributed by atoms with Crippen molar-refractivity contribution in [2.45, 2.75) is 13.0 Å². The lowest BCUT2D eigenvalue weighted by Gasteiger charge is -2.14. The van der Waals surface area contributed by atoms with Crippen molar-refractivity contribution in [2.24, 2.45) is 0 Å². The molecule has 0 aliphatic heterocycles. The summed E-state index contributed by atoms with van der Waals surface area (Å²) >= 11 is 3.06. The van der Waals surface area contributed by atoms with Crippen LogP contribution in [0, 0.1) is 5.82 Å². The minimum Gasteiger partial charge on any atom is -0.345 e. The molecular weight excluding hydrogens is 311 g/mol. The third kappa shape index (κ3) is 3.38. The van der Waals surface area contributed by atoms with Crippen LogP contribution in [0.4, 0.5) is 4.39 Å². The number of amides is 1. The van der Waals surface area contributed by atoms with Gasteiger partial charge in [0.25, 0.3) is 5.91 Å². The SMILES string of the molecule is CC(NC(=O)c1ccc(F)c(Br)c1)c1cccnc1. The number of rotatable bonds is 3. The Bertz CT molecular complexity index is 589. The van der Waals surface area contributed by atoms with Crippen molar-refractivity contribution in [2.75, 3.05) is 0 Å². The van der Waals surface area contributed by atoms with Crippen molar-refractivity contribution in [3.63, 3.8) is 0 Å². The van der Waals surface area contributed by atoms with Gasteiger partial charge < -0.3 is 5.32 Å². The van der Waals surface area contributed by atoms with Crippen molar-refractivity contribution in [1.82, 2.24) is 10.3 Å². The number of nitrogens with zero attached hydrogens (tertiary/aromatic N) is 1. The van der Waals surface area contributed by atoms with E-state index in [0.29, 0.717) is 5.56 Å². The smallest absolute Gasteiger partial charge is 0.251 e. The summed E-state index contributed by atoms with van der Waals surface area (Å²) in [6.07, 6.45) is 3.38. The lowest BCUT2D eigenvalue weighted by Crippen LogP contribution is -2.26. The van der Waals surface area contributed by atoms with Crippen LogP contribution < -0.4 is 5.32 Å². The molecule has 0 aliphatic carbocycles. The first kappa shape index (κ1) is 13.7. The van der Waals surface area contributed by atoms with Crippen molar-refractivity contribution in [3.05, 3.63) is 64.1 Å². The fraction of sp³-hybridized carbons (Fsp3) is 0.143. The molecule has 1 aromatic heterocycles. The van der Waals surface area contributed by atoms with Gasteiger partial charge in [0.1, 0.15) is 5.82 Å². The highest BCUT2D eigenvalue weighted by atomic mass is 79.9.